The quantitative estimate of drug-likeness (QED) is 0.736. The third-order valence-corrected chi connectivity index (χ3v) is 1.47. The minimum absolute atomic E-state index is 1.62. The monoisotopic (exact) mass is 240 g/mol. The van der Waals surface area contributed by atoms with Gasteiger partial charge in [-0.3, -0.25) is 4.79 Å². The predicted molar refractivity (Wildman–Crippen MR) is 33.9 cm³/mol. The van der Waals surface area contributed by atoms with Gasteiger partial charge in [0.25, 0.3) is 0 Å². The van der Waals surface area contributed by atoms with Gasteiger partial charge in [0, 0.05) is 0 Å². The Balaban J connectivity index is 4.88. The van der Waals surface area contributed by atoms with E-state index in [9.17, 15) is 31.1 Å². The molecule has 0 heterocycles. The molecule has 0 spiro atoms. The summed E-state index contributed by atoms with van der Waals surface area (Å²) in [7, 11) is 0. The summed E-state index contributed by atoms with van der Waals surface area (Å²) in [4.78, 5) is 9.87. The number of aliphatic carboxylic acids is 1. The first kappa shape index (κ1) is 14.0. The smallest absolute Gasteiger partial charge is 0.403 e. The molecule has 0 aromatic carbocycles. The van der Waals surface area contributed by atoms with Crippen LogP contribution in [0.3, 0.4) is 0 Å². The average molecular weight is 240 g/mol. The lowest BCUT2D eigenvalue weighted by molar-refractivity contribution is -0.306. The molecule has 0 aromatic heterocycles. The van der Waals surface area contributed by atoms with Gasteiger partial charge < -0.3 is 10.2 Å². The van der Waals surface area contributed by atoms with Crippen molar-refractivity contribution in [1.82, 2.24) is 0 Å². The Morgan fingerprint density at radius 3 is 1.60 bits per heavy atom. The molecular weight excluding hydrogens is 234 g/mol. The van der Waals surface area contributed by atoms with E-state index in [1.807, 2.05) is 0 Å². The number of alkyl halides is 6. The van der Waals surface area contributed by atoms with Crippen LogP contribution in [0, 0.1) is 5.92 Å². The molecule has 0 aromatic rings. The van der Waals surface area contributed by atoms with Crippen LogP contribution in [0.15, 0.2) is 0 Å². The van der Waals surface area contributed by atoms with Gasteiger partial charge in [0.05, 0.1) is 12.5 Å². The molecule has 0 fully saturated rings. The molecule has 0 saturated heterocycles. The van der Waals surface area contributed by atoms with Gasteiger partial charge in [0.15, 0.2) is 5.92 Å². The lowest BCUT2D eigenvalue weighted by atomic mass is 9.98. The first-order valence-corrected chi connectivity index (χ1v) is 3.49. The van der Waals surface area contributed by atoms with E-state index < -0.39 is 36.8 Å². The highest BCUT2D eigenvalue weighted by molar-refractivity contribution is 5.67. The van der Waals surface area contributed by atoms with Gasteiger partial charge in [-0.15, -0.1) is 0 Å². The first-order chi connectivity index (χ1) is 6.46. The molecule has 0 aliphatic carbocycles. The molecule has 0 amide bonds. The molecule has 0 bridgehead atoms. The predicted octanol–water partition coefficient (Wildman–Crippen LogP) is 1.56. The van der Waals surface area contributed by atoms with Gasteiger partial charge in [-0.2, -0.15) is 26.3 Å². The summed E-state index contributed by atoms with van der Waals surface area (Å²) in [6.45, 7) is 0. The van der Waals surface area contributed by atoms with Gasteiger partial charge in [0.2, 0.25) is 0 Å². The van der Waals surface area contributed by atoms with Crippen LogP contribution in [0.1, 0.15) is 6.42 Å². The number of carboxylic acid groups (broad SMARTS) is 1. The maximum absolute atomic E-state index is 11.8. The zero-order chi connectivity index (χ0) is 12.4. The number of aliphatic hydroxyl groups is 1. The van der Waals surface area contributed by atoms with Crippen molar-refractivity contribution in [2.75, 3.05) is 0 Å². The molecule has 0 aliphatic heterocycles. The maximum atomic E-state index is 11.8. The van der Waals surface area contributed by atoms with Crippen LogP contribution in [0.25, 0.3) is 0 Å². The Hall–Kier alpha value is -0.990. The Morgan fingerprint density at radius 1 is 1.07 bits per heavy atom. The second-order valence-electron chi connectivity index (χ2n) is 2.73. The largest absolute Gasteiger partial charge is 0.481 e. The number of halogens is 6. The Labute approximate surface area is 79.3 Å². The van der Waals surface area contributed by atoms with Crippen LogP contribution in [-0.2, 0) is 4.79 Å². The molecule has 0 aliphatic rings. The second-order valence-corrected chi connectivity index (χ2v) is 2.73. The van der Waals surface area contributed by atoms with E-state index in [1.54, 1.807) is 0 Å². The molecule has 9 heteroatoms. The Kier molecular flexibility index (Phi) is 3.97. The van der Waals surface area contributed by atoms with Crippen molar-refractivity contribution in [3.05, 3.63) is 0 Å². The van der Waals surface area contributed by atoms with Crippen LogP contribution in [-0.4, -0.2) is 34.6 Å². The highest BCUT2D eigenvalue weighted by Gasteiger charge is 2.60. The topological polar surface area (TPSA) is 57.5 Å². The van der Waals surface area contributed by atoms with E-state index in [1.165, 1.54) is 0 Å². The van der Waals surface area contributed by atoms with Gasteiger partial charge in [0.1, 0.15) is 0 Å². The SMILES string of the molecule is O=C(O)C[C@H](O)C(C(F)(F)F)C(F)(F)F. The summed E-state index contributed by atoms with van der Waals surface area (Å²) in [5.74, 6) is -5.98. The number of carbonyl (C=O) groups is 1. The summed E-state index contributed by atoms with van der Waals surface area (Å²) in [6, 6.07) is 0. The van der Waals surface area contributed by atoms with E-state index in [0.29, 0.717) is 0 Å². The number of hydrogen-bond donors (Lipinski definition) is 2. The number of carboxylic acids is 1. The molecule has 0 radical (unpaired) electrons. The fourth-order valence-corrected chi connectivity index (χ4v) is 0.919. The molecule has 1 atom stereocenters. The summed E-state index contributed by atoms with van der Waals surface area (Å²) >= 11 is 0. The van der Waals surface area contributed by atoms with E-state index in [0.717, 1.165) is 0 Å². The van der Waals surface area contributed by atoms with Crippen LogP contribution in [0.5, 0.6) is 0 Å². The number of hydrogen-bond acceptors (Lipinski definition) is 2. The van der Waals surface area contributed by atoms with Gasteiger partial charge >= 0.3 is 18.3 Å². The second kappa shape index (κ2) is 4.25. The summed E-state index contributed by atoms with van der Waals surface area (Å²) in [5.41, 5.74) is 0. The Bertz CT molecular complexity index is 218. The Morgan fingerprint density at radius 2 is 1.40 bits per heavy atom. The third kappa shape index (κ3) is 4.36. The van der Waals surface area contributed by atoms with Gasteiger partial charge in [-0.25, -0.2) is 0 Å². The van der Waals surface area contributed by atoms with Gasteiger partial charge in [-0.05, 0) is 0 Å². The minimum atomic E-state index is -5.73. The third-order valence-electron chi connectivity index (χ3n) is 1.47. The lowest BCUT2D eigenvalue weighted by Crippen LogP contribution is -2.45. The maximum Gasteiger partial charge on any atom is 0.403 e. The van der Waals surface area contributed by atoms with Crippen molar-refractivity contribution >= 4 is 5.97 Å². The van der Waals surface area contributed by atoms with E-state index in [-0.39, 0.29) is 0 Å². The van der Waals surface area contributed by atoms with Crippen molar-refractivity contribution in [3.63, 3.8) is 0 Å². The molecule has 3 nitrogen and oxygen atoms in total. The van der Waals surface area contributed by atoms with Crippen molar-refractivity contribution in [2.24, 2.45) is 5.92 Å². The highest BCUT2D eigenvalue weighted by Crippen LogP contribution is 2.41. The molecule has 0 rings (SSSR count). The minimum Gasteiger partial charge on any atom is -0.481 e. The zero-order valence-corrected chi connectivity index (χ0v) is 6.93. The zero-order valence-electron chi connectivity index (χ0n) is 6.93. The molecule has 0 saturated carbocycles. The summed E-state index contributed by atoms with van der Waals surface area (Å²) in [6.07, 6.45) is -16.1. The number of aliphatic hydroxyl groups excluding tert-OH is 1. The van der Waals surface area contributed by atoms with Crippen molar-refractivity contribution in [3.8, 4) is 0 Å². The van der Waals surface area contributed by atoms with Crippen molar-refractivity contribution in [2.45, 2.75) is 24.9 Å². The fourth-order valence-electron chi connectivity index (χ4n) is 0.919. The number of rotatable bonds is 3. The molecule has 0 unspecified atom stereocenters. The van der Waals surface area contributed by atoms with Crippen molar-refractivity contribution in [1.29, 1.82) is 0 Å². The van der Waals surface area contributed by atoms with Crippen molar-refractivity contribution < 1.29 is 41.4 Å². The van der Waals surface area contributed by atoms with Crippen LogP contribution in [0.2, 0.25) is 0 Å². The fraction of sp³-hybridized carbons (Fsp3) is 0.833. The average Bonchev–Trinajstić information content (AvgIpc) is 1.74. The van der Waals surface area contributed by atoms with E-state index >= 15 is 0 Å². The van der Waals surface area contributed by atoms with E-state index in [4.69, 9.17) is 10.2 Å². The first-order valence-electron chi connectivity index (χ1n) is 3.49. The van der Waals surface area contributed by atoms with Gasteiger partial charge in [-0.1, -0.05) is 0 Å². The molecule has 2 N–H and O–H groups in total. The summed E-state index contributed by atoms with van der Waals surface area (Å²) in [5, 5.41) is 16.5. The van der Waals surface area contributed by atoms with E-state index in [2.05, 4.69) is 0 Å². The molecular formula is C6H6F6O3. The summed E-state index contributed by atoms with van der Waals surface area (Å²) < 4.78 is 71.1. The van der Waals surface area contributed by atoms with Crippen LogP contribution >= 0.6 is 0 Å². The highest BCUT2D eigenvalue weighted by atomic mass is 19.4. The normalized spacial score (nSPS) is 15.5. The lowest BCUT2D eigenvalue weighted by Gasteiger charge is -2.26. The standard InChI is InChI=1S/C6H6F6O3/c7-5(8,9)4(6(10,11)12)2(13)1-3(14)15/h2,4,13H,1H2,(H,14,15)/t2-/m0/s1. The molecule has 15 heavy (non-hydrogen) atoms. The van der Waals surface area contributed by atoms with Crippen LogP contribution < -0.4 is 0 Å². The molecule has 90 valence electrons. The van der Waals surface area contributed by atoms with Crippen LogP contribution in [0.4, 0.5) is 26.3 Å².